The number of rotatable bonds is 5. The van der Waals surface area contributed by atoms with Crippen LogP contribution in [-0.2, 0) is 6.54 Å². The van der Waals surface area contributed by atoms with E-state index in [4.69, 9.17) is 4.42 Å². The van der Waals surface area contributed by atoms with Crippen molar-refractivity contribution in [2.45, 2.75) is 13.5 Å². The van der Waals surface area contributed by atoms with Gasteiger partial charge in [0.25, 0.3) is 11.8 Å². The highest BCUT2D eigenvalue weighted by Crippen LogP contribution is 2.28. The number of amides is 2. The molecular weight excluding hydrogens is 355 g/mol. The Morgan fingerprint density at radius 2 is 1.96 bits per heavy atom. The lowest BCUT2D eigenvalue weighted by atomic mass is 10.2. The second-order valence-corrected chi connectivity index (χ2v) is 6.89. The van der Waals surface area contributed by atoms with E-state index in [9.17, 15) is 14.0 Å². The van der Waals surface area contributed by atoms with Crippen molar-refractivity contribution in [1.82, 2.24) is 4.90 Å². The molecule has 0 saturated heterocycles. The summed E-state index contributed by atoms with van der Waals surface area (Å²) in [6.45, 7) is 2.18. The first kappa shape index (κ1) is 17.9. The third kappa shape index (κ3) is 4.00. The summed E-state index contributed by atoms with van der Waals surface area (Å²) in [7, 11) is 1.69. The van der Waals surface area contributed by atoms with Crippen molar-refractivity contribution in [3.63, 3.8) is 0 Å². The van der Waals surface area contributed by atoms with Gasteiger partial charge in [-0.3, -0.25) is 9.59 Å². The Morgan fingerprint density at radius 1 is 1.23 bits per heavy atom. The molecule has 5 nitrogen and oxygen atoms in total. The third-order valence-electron chi connectivity index (χ3n) is 3.77. The van der Waals surface area contributed by atoms with Gasteiger partial charge in [0.05, 0.1) is 16.1 Å². The summed E-state index contributed by atoms with van der Waals surface area (Å²) in [6, 6.07) is 11.0. The highest BCUT2D eigenvalue weighted by atomic mass is 32.1. The number of carbonyl (C=O) groups is 2. The fraction of sp³-hybridized carbons (Fsp3) is 0.158. The van der Waals surface area contributed by atoms with Crippen molar-refractivity contribution >= 4 is 28.2 Å². The van der Waals surface area contributed by atoms with Crippen LogP contribution in [0.3, 0.4) is 0 Å². The molecule has 2 aromatic heterocycles. The van der Waals surface area contributed by atoms with Crippen molar-refractivity contribution < 1.29 is 18.4 Å². The van der Waals surface area contributed by atoms with Crippen LogP contribution in [0.4, 0.5) is 9.39 Å². The van der Waals surface area contributed by atoms with Crippen molar-refractivity contribution in [3.8, 4) is 0 Å². The number of nitrogens with zero attached hydrogens (tertiary/aromatic N) is 1. The molecule has 0 aliphatic heterocycles. The van der Waals surface area contributed by atoms with Crippen molar-refractivity contribution in [2.75, 3.05) is 12.4 Å². The summed E-state index contributed by atoms with van der Waals surface area (Å²) >= 11 is 1.21. The number of thiophene rings is 1. The lowest BCUT2D eigenvalue weighted by Crippen LogP contribution is -2.25. The summed E-state index contributed by atoms with van der Waals surface area (Å²) in [5.41, 5.74) is 1.61. The summed E-state index contributed by atoms with van der Waals surface area (Å²) in [4.78, 5) is 26.8. The maximum Gasteiger partial charge on any atom is 0.291 e. The van der Waals surface area contributed by atoms with E-state index in [0.717, 1.165) is 11.1 Å². The average molecular weight is 372 g/mol. The van der Waals surface area contributed by atoms with E-state index < -0.39 is 0 Å². The summed E-state index contributed by atoms with van der Waals surface area (Å²) in [5, 5.41) is 3.30. The van der Waals surface area contributed by atoms with Crippen LogP contribution in [0.5, 0.6) is 0 Å². The largest absolute Gasteiger partial charge is 0.459 e. The first-order chi connectivity index (χ1) is 12.4. The fourth-order valence-corrected chi connectivity index (χ4v) is 3.51. The fourth-order valence-electron chi connectivity index (χ4n) is 2.45. The van der Waals surface area contributed by atoms with Crippen LogP contribution in [-0.4, -0.2) is 23.8 Å². The molecule has 0 aliphatic carbocycles. The number of aryl methyl sites for hydroxylation is 1. The highest BCUT2D eigenvalue weighted by Gasteiger charge is 2.19. The minimum Gasteiger partial charge on any atom is -0.459 e. The van der Waals surface area contributed by atoms with Crippen LogP contribution >= 0.6 is 11.3 Å². The molecule has 0 atom stereocenters. The topological polar surface area (TPSA) is 62.6 Å². The summed E-state index contributed by atoms with van der Waals surface area (Å²) < 4.78 is 18.0. The van der Waals surface area contributed by atoms with Crippen LogP contribution in [0.15, 0.2) is 53.1 Å². The Bertz CT molecular complexity index is 917. The van der Waals surface area contributed by atoms with Crippen molar-refractivity contribution in [3.05, 3.63) is 76.3 Å². The van der Waals surface area contributed by atoms with Gasteiger partial charge >= 0.3 is 0 Å². The molecule has 0 saturated carbocycles. The molecule has 2 heterocycles. The molecule has 1 N–H and O–H groups in total. The van der Waals surface area contributed by atoms with Gasteiger partial charge < -0.3 is 14.6 Å². The predicted octanol–water partition coefficient (Wildman–Crippen LogP) is 4.31. The van der Waals surface area contributed by atoms with Crippen LogP contribution < -0.4 is 5.32 Å². The molecule has 0 unspecified atom stereocenters. The van der Waals surface area contributed by atoms with E-state index >= 15 is 0 Å². The van der Waals surface area contributed by atoms with Crippen LogP contribution in [0, 0.1) is 12.7 Å². The Labute approximate surface area is 154 Å². The zero-order valence-electron chi connectivity index (χ0n) is 14.3. The number of nitrogens with one attached hydrogen (secondary N) is 1. The Hall–Kier alpha value is -2.93. The van der Waals surface area contributed by atoms with E-state index in [1.165, 1.54) is 29.7 Å². The first-order valence-corrected chi connectivity index (χ1v) is 8.71. The maximum absolute atomic E-state index is 13.0. The SMILES string of the molecule is Cc1cc(NC(=O)c2ccco2)sc1C(=O)N(C)Cc1ccc(F)cc1. The smallest absolute Gasteiger partial charge is 0.291 e. The van der Waals surface area contributed by atoms with Crippen LogP contribution in [0.1, 0.15) is 31.4 Å². The molecule has 134 valence electrons. The molecule has 1 aromatic carbocycles. The minimum absolute atomic E-state index is 0.157. The predicted molar refractivity (Wildman–Crippen MR) is 97.9 cm³/mol. The van der Waals surface area contributed by atoms with Crippen LogP contribution in [0.25, 0.3) is 0 Å². The minimum atomic E-state index is -0.366. The molecule has 26 heavy (non-hydrogen) atoms. The van der Waals surface area contributed by atoms with E-state index in [1.54, 1.807) is 42.3 Å². The molecule has 3 aromatic rings. The standard InChI is InChI=1S/C19H17FN2O3S/c1-12-10-16(21-18(23)15-4-3-9-25-15)26-17(12)19(24)22(2)11-13-5-7-14(20)8-6-13/h3-10H,11H2,1-2H3,(H,21,23). The van der Waals surface area contributed by atoms with Gasteiger partial charge in [-0.15, -0.1) is 11.3 Å². The van der Waals surface area contributed by atoms with Gasteiger partial charge in [-0.25, -0.2) is 4.39 Å². The number of benzene rings is 1. The Kier molecular flexibility index (Phi) is 5.18. The molecule has 0 aliphatic rings. The van der Waals surface area contributed by atoms with Gasteiger partial charge in [0, 0.05) is 13.6 Å². The third-order valence-corrected chi connectivity index (χ3v) is 4.91. The quantitative estimate of drug-likeness (QED) is 0.726. The molecular formula is C19H17FN2O3S. The average Bonchev–Trinajstić information content (AvgIpc) is 3.26. The number of anilines is 1. The molecule has 0 fully saturated rings. The lowest BCUT2D eigenvalue weighted by Gasteiger charge is -2.17. The molecule has 3 rings (SSSR count). The number of furan rings is 1. The number of carbonyl (C=O) groups excluding carboxylic acids is 2. The van der Waals surface area contributed by atoms with E-state index in [2.05, 4.69) is 5.32 Å². The number of halogens is 1. The Morgan fingerprint density at radius 3 is 2.62 bits per heavy atom. The zero-order chi connectivity index (χ0) is 18.7. The normalized spacial score (nSPS) is 10.6. The monoisotopic (exact) mass is 372 g/mol. The van der Waals surface area contributed by atoms with E-state index in [-0.39, 0.29) is 23.4 Å². The van der Waals surface area contributed by atoms with Gasteiger partial charge in [0.1, 0.15) is 5.82 Å². The molecule has 0 spiro atoms. The Balaban J connectivity index is 1.70. The van der Waals surface area contributed by atoms with Crippen molar-refractivity contribution in [2.24, 2.45) is 0 Å². The van der Waals surface area contributed by atoms with E-state index in [0.29, 0.717) is 16.4 Å². The highest BCUT2D eigenvalue weighted by molar-refractivity contribution is 7.18. The van der Waals surface area contributed by atoms with Gasteiger partial charge in [-0.05, 0) is 48.4 Å². The summed E-state index contributed by atoms with van der Waals surface area (Å²) in [6.07, 6.45) is 1.42. The van der Waals surface area contributed by atoms with Crippen LogP contribution in [0.2, 0.25) is 0 Å². The molecule has 7 heteroatoms. The van der Waals surface area contributed by atoms with Gasteiger partial charge in [-0.2, -0.15) is 0 Å². The molecule has 2 amide bonds. The van der Waals surface area contributed by atoms with Gasteiger partial charge in [0.2, 0.25) is 0 Å². The lowest BCUT2D eigenvalue weighted by molar-refractivity contribution is 0.0789. The van der Waals surface area contributed by atoms with E-state index in [1.807, 2.05) is 6.92 Å². The first-order valence-electron chi connectivity index (χ1n) is 7.89. The zero-order valence-corrected chi connectivity index (χ0v) is 15.1. The number of hydrogen-bond acceptors (Lipinski definition) is 4. The second-order valence-electron chi connectivity index (χ2n) is 5.84. The second kappa shape index (κ2) is 7.53. The maximum atomic E-state index is 13.0. The van der Waals surface area contributed by atoms with Gasteiger partial charge in [-0.1, -0.05) is 12.1 Å². The number of hydrogen-bond donors (Lipinski definition) is 1. The molecule has 0 bridgehead atoms. The summed E-state index contributed by atoms with van der Waals surface area (Å²) in [5.74, 6) is -0.628. The van der Waals surface area contributed by atoms with Crippen molar-refractivity contribution in [1.29, 1.82) is 0 Å². The van der Waals surface area contributed by atoms with Gasteiger partial charge in [0.15, 0.2) is 5.76 Å². The molecule has 0 radical (unpaired) electrons.